The molecule has 6 heteroatoms. The lowest BCUT2D eigenvalue weighted by atomic mass is 10.0. The molecule has 104 valence electrons. The van der Waals surface area contributed by atoms with Gasteiger partial charge >= 0.3 is 0 Å². The molecule has 1 aliphatic heterocycles. The highest BCUT2D eigenvalue weighted by atomic mass is 79.9. The van der Waals surface area contributed by atoms with Gasteiger partial charge in [-0.25, -0.2) is 4.98 Å². The normalized spacial score (nSPS) is 17.5. The largest absolute Gasteiger partial charge is 0.369 e. The molecule has 1 aliphatic rings. The van der Waals surface area contributed by atoms with E-state index < -0.39 is 0 Å². The summed E-state index contributed by atoms with van der Waals surface area (Å²) in [6.45, 7) is 3.00. The molecule has 1 fully saturated rings. The molecule has 1 aromatic heterocycles. The van der Waals surface area contributed by atoms with E-state index >= 15 is 0 Å². The maximum atomic E-state index is 10.8. The number of piperidine rings is 1. The summed E-state index contributed by atoms with van der Waals surface area (Å²) in [6, 6.07) is 6.42. The van der Waals surface area contributed by atoms with Crippen molar-refractivity contribution in [2.45, 2.75) is 25.4 Å². The molecule has 0 radical (unpaired) electrons. The van der Waals surface area contributed by atoms with E-state index in [9.17, 15) is 4.79 Å². The van der Waals surface area contributed by atoms with Crippen LogP contribution in [-0.4, -0.2) is 41.5 Å². The van der Waals surface area contributed by atoms with Crippen molar-refractivity contribution in [3.05, 3.63) is 28.5 Å². The molecular formula is C13H19BrN4O. The first-order valence-corrected chi connectivity index (χ1v) is 7.28. The fourth-order valence-corrected chi connectivity index (χ4v) is 2.69. The molecule has 19 heavy (non-hydrogen) atoms. The maximum Gasteiger partial charge on any atom is 0.231 e. The van der Waals surface area contributed by atoms with Gasteiger partial charge in [-0.1, -0.05) is 6.07 Å². The Kier molecular flexibility index (Phi) is 5.30. The molecule has 2 heterocycles. The number of carbonyl (C=O) groups excluding carboxylic acids is 1. The third kappa shape index (κ3) is 4.89. The summed E-state index contributed by atoms with van der Waals surface area (Å²) in [5.41, 5.74) is 6.23. The van der Waals surface area contributed by atoms with Crippen molar-refractivity contribution in [2.24, 2.45) is 5.73 Å². The third-order valence-electron chi connectivity index (χ3n) is 3.31. The average molecular weight is 327 g/mol. The Morgan fingerprint density at radius 1 is 1.47 bits per heavy atom. The zero-order valence-corrected chi connectivity index (χ0v) is 12.4. The highest BCUT2D eigenvalue weighted by molar-refractivity contribution is 9.10. The van der Waals surface area contributed by atoms with E-state index in [1.807, 2.05) is 18.2 Å². The summed E-state index contributed by atoms with van der Waals surface area (Å²) in [6.07, 6.45) is 2.09. The molecule has 5 nitrogen and oxygen atoms in total. The first-order chi connectivity index (χ1) is 9.13. The summed E-state index contributed by atoms with van der Waals surface area (Å²) < 4.78 is 0.864. The molecule has 0 atom stereocenters. The Hall–Kier alpha value is -0.980. The maximum absolute atomic E-state index is 10.8. The number of aromatic nitrogens is 1. The molecule has 0 aromatic carbocycles. The lowest BCUT2D eigenvalue weighted by Crippen LogP contribution is -2.45. The second-order valence-corrected chi connectivity index (χ2v) is 5.66. The second-order valence-electron chi connectivity index (χ2n) is 4.85. The smallest absolute Gasteiger partial charge is 0.231 e. The van der Waals surface area contributed by atoms with E-state index in [0.717, 1.165) is 42.8 Å². The van der Waals surface area contributed by atoms with Gasteiger partial charge in [-0.05, 0) is 40.9 Å². The van der Waals surface area contributed by atoms with Gasteiger partial charge in [0.2, 0.25) is 5.91 Å². The van der Waals surface area contributed by atoms with Crippen molar-refractivity contribution in [1.29, 1.82) is 0 Å². The first-order valence-electron chi connectivity index (χ1n) is 6.49. The number of halogens is 1. The van der Waals surface area contributed by atoms with E-state index in [0.29, 0.717) is 12.6 Å². The standard InChI is InChI=1S/C13H19BrN4O/c14-12-3-1-2-11(17-12)8-16-10-4-6-18(7-5-10)9-13(15)19/h1-3,10,16H,4-9H2,(H2,15,19). The van der Waals surface area contributed by atoms with Crippen LogP contribution in [0.3, 0.4) is 0 Å². The number of hydrogen-bond donors (Lipinski definition) is 2. The number of nitrogens with two attached hydrogens (primary N) is 1. The van der Waals surface area contributed by atoms with Crippen LogP contribution >= 0.6 is 15.9 Å². The summed E-state index contributed by atoms with van der Waals surface area (Å²) in [7, 11) is 0. The minimum atomic E-state index is -0.246. The van der Waals surface area contributed by atoms with Gasteiger partial charge in [0, 0.05) is 25.7 Å². The molecule has 1 saturated heterocycles. The molecule has 0 aliphatic carbocycles. The molecule has 1 amide bonds. The molecular weight excluding hydrogens is 308 g/mol. The van der Waals surface area contributed by atoms with Gasteiger partial charge in [-0.2, -0.15) is 0 Å². The highest BCUT2D eigenvalue weighted by Crippen LogP contribution is 2.11. The number of carbonyl (C=O) groups is 1. The molecule has 0 spiro atoms. The van der Waals surface area contributed by atoms with Crippen molar-refractivity contribution in [3.8, 4) is 0 Å². The highest BCUT2D eigenvalue weighted by Gasteiger charge is 2.19. The number of nitrogens with one attached hydrogen (secondary N) is 1. The van der Waals surface area contributed by atoms with Gasteiger partial charge < -0.3 is 11.1 Å². The van der Waals surface area contributed by atoms with Crippen molar-refractivity contribution in [3.63, 3.8) is 0 Å². The number of rotatable bonds is 5. The molecule has 2 rings (SSSR count). The lowest BCUT2D eigenvalue weighted by molar-refractivity contribution is -0.119. The van der Waals surface area contributed by atoms with Gasteiger partial charge in [0.15, 0.2) is 0 Å². The van der Waals surface area contributed by atoms with E-state index in [1.54, 1.807) is 0 Å². The number of likely N-dealkylation sites (tertiary alicyclic amines) is 1. The number of nitrogens with zero attached hydrogens (tertiary/aromatic N) is 2. The van der Waals surface area contributed by atoms with Crippen molar-refractivity contribution >= 4 is 21.8 Å². The average Bonchev–Trinajstić information content (AvgIpc) is 2.37. The van der Waals surface area contributed by atoms with E-state index in [4.69, 9.17) is 5.73 Å². The second kappa shape index (κ2) is 6.98. The van der Waals surface area contributed by atoms with Crippen LogP contribution in [-0.2, 0) is 11.3 Å². The number of hydrogen-bond acceptors (Lipinski definition) is 4. The van der Waals surface area contributed by atoms with Crippen molar-refractivity contribution < 1.29 is 4.79 Å². The number of amides is 1. The van der Waals surface area contributed by atoms with E-state index in [-0.39, 0.29) is 5.91 Å². The van der Waals surface area contributed by atoms with Crippen molar-refractivity contribution in [2.75, 3.05) is 19.6 Å². The summed E-state index contributed by atoms with van der Waals surface area (Å²) in [5.74, 6) is -0.246. The van der Waals surface area contributed by atoms with Crippen LogP contribution in [0.2, 0.25) is 0 Å². The van der Waals surface area contributed by atoms with Crippen molar-refractivity contribution in [1.82, 2.24) is 15.2 Å². The van der Waals surface area contributed by atoms with Gasteiger partial charge in [0.25, 0.3) is 0 Å². The quantitative estimate of drug-likeness (QED) is 0.788. The van der Waals surface area contributed by atoms with E-state index in [2.05, 4.69) is 31.1 Å². The zero-order chi connectivity index (χ0) is 13.7. The van der Waals surface area contributed by atoms with Gasteiger partial charge in [0.1, 0.15) is 4.60 Å². The first kappa shape index (κ1) is 14.4. The Bertz CT molecular complexity index is 432. The topological polar surface area (TPSA) is 71.2 Å². The molecule has 0 saturated carbocycles. The minimum Gasteiger partial charge on any atom is -0.369 e. The monoisotopic (exact) mass is 326 g/mol. The molecule has 1 aromatic rings. The van der Waals surface area contributed by atoms with Gasteiger partial charge in [0.05, 0.1) is 12.2 Å². The zero-order valence-electron chi connectivity index (χ0n) is 10.8. The van der Waals surface area contributed by atoms with Crippen LogP contribution in [0.5, 0.6) is 0 Å². The lowest BCUT2D eigenvalue weighted by Gasteiger charge is -2.31. The fourth-order valence-electron chi connectivity index (χ4n) is 2.31. The molecule has 0 unspecified atom stereocenters. The van der Waals surface area contributed by atoms with Crippen LogP contribution in [0.25, 0.3) is 0 Å². The Morgan fingerprint density at radius 3 is 2.84 bits per heavy atom. The van der Waals surface area contributed by atoms with Crippen LogP contribution in [0.15, 0.2) is 22.8 Å². The van der Waals surface area contributed by atoms with Crippen LogP contribution < -0.4 is 11.1 Å². The predicted molar refractivity (Wildman–Crippen MR) is 77.4 cm³/mol. The Balaban J connectivity index is 1.72. The van der Waals surface area contributed by atoms with Gasteiger partial charge in [-0.15, -0.1) is 0 Å². The van der Waals surface area contributed by atoms with E-state index in [1.165, 1.54) is 0 Å². The number of primary amides is 1. The van der Waals surface area contributed by atoms with Crippen LogP contribution in [0.4, 0.5) is 0 Å². The SMILES string of the molecule is NC(=O)CN1CCC(NCc2cccc(Br)n2)CC1. The Labute approximate surface area is 121 Å². The summed E-state index contributed by atoms with van der Waals surface area (Å²) in [4.78, 5) is 17.3. The van der Waals surface area contributed by atoms with Crippen LogP contribution in [0, 0.1) is 0 Å². The summed E-state index contributed by atoms with van der Waals surface area (Å²) in [5, 5.41) is 3.51. The molecule has 3 N–H and O–H groups in total. The summed E-state index contributed by atoms with van der Waals surface area (Å²) >= 11 is 3.37. The number of pyridine rings is 1. The third-order valence-corrected chi connectivity index (χ3v) is 3.75. The predicted octanol–water partition coefficient (Wildman–Crippen LogP) is 0.883. The van der Waals surface area contributed by atoms with Crippen LogP contribution in [0.1, 0.15) is 18.5 Å². The molecule has 0 bridgehead atoms. The van der Waals surface area contributed by atoms with Gasteiger partial charge in [-0.3, -0.25) is 9.69 Å². The fraction of sp³-hybridized carbons (Fsp3) is 0.538. The Morgan fingerprint density at radius 2 is 2.21 bits per heavy atom. The minimum absolute atomic E-state index is 0.246.